The zero-order valence-corrected chi connectivity index (χ0v) is 10.1. The summed E-state index contributed by atoms with van der Waals surface area (Å²) in [6.07, 6.45) is 4.87. The minimum atomic E-state index is 0.256. The third-order valence-electron chi connectivity index (χ3n) is 3.79. The Hall–Kier alpha value is -0.0800. The topological polar surface area (TPSA) is 38.0 Å². The average molecular weight is 198 g/mol. The first-order chi connectivity index (χ1) is 6.42. The average Bonchev–Trinajstić information content (AvgIpc) is 2.08. The van der Waals surface area contributed by atoms with Crippen LogP contribution in [0, 0.1) is 5.92 Å². The molecule has 0 atom stereocenters. The van der Waals surface area contributed by atoms with Gasteiger partial charge < -0.3 is 11.1 Å². The molecule has 0 aromatic heterocycles. The van der Waals surface area contributed by atoms with Crippen molar-refractivity contribution in [2.24, 2.45) is 11.7 Å². The van der Waals surface area contributed by atoms with Crippen LogP contribution in [0.5, 0.6) is 0 Å². The van der Waals surface area contributed by atoms with Crippen LogP contribution < -0.4 is 11.1 Å². The number of hydrogen-bond acceptors (Lipinski definition) is 2. The smallest absolute Gasteiger partial charge is 0.0150 e. The van der Waals surface area contributed by atoms with E-state index in [1.807, 2.05) is 0 Å². The highest BCUT2D eigenvalue weighted by Gasteiger charge is 2.27. The zero-order chi connectivity index (χ0) is 10.8. The quantitative estimate of drug-likeness (QED) is 0.730. The van der Waals surface area contributed by atoms with E-state index in [0.29, 0.717) is 18.0 Å². The maximum atomic E-state index is 5.89. The largest absolute Gasteiger partial charge is 0.328 e. The van der Waals surface area contributed by atoms with Crippen molar-refractivity contribution >= 4 is 0 Å². The van der Waals surface area contributed by atoms with Crippen LogP contribution in [0.4, 0.5) is 0 Å². The number of hydrogen-bond donors (Lipinski definition) is 2. The predicted octanol–water partition coefficient (Wildman–Crippen LogP) is 2.28. The minimum Gasteiger partial charge on any atom is -0.328 e. The van der Waals surface area contributed by atoms with Gasteiger partial charge in [-0.1, -0.05) is 13.8 Å². The minimum absolute atomic E-state index is 0.256. The maximum absolute atomic E-state index is 5.89. The summed E-state index contributed by atoms with van der Waals surface area (Å²) in [6, 6.07) is 1.14. The van der Waals surface area contributed by atoms with Gasteiger partial charge in [0.25, 0.3) is 0 Å². The molecule has 2 heteroatoms. The molecular weight excluding hydrogens is 172 g/mol. The first-order valence-corrected chi connectivity index (χ1v) is 5.95. The molecule has 84 valence electrons. The molecule has 1 fully saturated rings. The fourth-order valence-electron chi connectivity index (χ4n) is 1.96. The summed E-state index contributed by atoms with van der Waals surface area (Å²) in [6.45, 7) is 9.15. The second kappa shape index (κ2) is 4.63. The first kappa shape index (κ1) is 12.0. The Morgan fingerprint density at radius 2 is 1.64 bits per heavy atom. The van der Waals surface area contributed by atoms with Gasteiger partial charge in [-0.3, -0.25) is 0 Å². The van der Waals surface area contributed by atoms with Gasteiger partial charge in [0, 0.05) is 17.6 Å². The molecule has 0 heterocycles. The van der Waals surface area contributed by atoms with E-state index in [-0.39, 0.29) is 5.54 Å². The Labute approximate surface area is 88.6 Å². The lowest BCUT2D eigenvalue weighted by Gasteiger charge is -2.38. The monoisotopic (exact) mass is 198 g/mol. The van der Waals surface area contributed by atoms with Gasteiger partial charge in [0.1, 0.15) is 0 Å². The molecule has 0 bridgehead atoms. The maximum Gasteiger partial charge on any atom is 0.0150 e. The van der Waals surface area contributed by atoms with Gasteiger partial charge >= 0.3 is 0 Å². The van der Waals surface area contributed by atoms with Gasteiger partial charge in [-0.2, -0.15) is 0 Å². The molecule has 0 saturated heterocycles. The second-order valence-corrected chi connectivity index (χ2v) is 5.63. The summed E-state index contributed by atoms with van der Waals surface area (Å²) >= 11 is 0. The molecule has 0 amide bonds. The summed E-state index contributed by atoms with van der Waals surface area (Å²) < 4.78 is 0. The molecule has 1 aliphatic carbocycles. The van der Waals surface area contributed by atoms with Gasteiger partial charge in [-0.15, -0.1) is 0 Å². The van der Waals surface area contributed by atoms with Gasteiger partial charge in [-0.05, 0) is 45.4 Å². The Bertz CT molecular complexity index is 167. The summed E-state index contributed by atoms with van der Waals surface area (Å²) in [4.78, 5) is 0. The van der Waals surface area contributed by atoms with Crippen LogP contribution in [0.15, 0.2) is 0 Å². The van der Waals surface area contributed by atoms with Crippen molar-refractivity contribution in [2.75, 3.05) is 0 Å². The molecule has 14 heavy (non-hydrogen) atoms. The van der Waals surface area contributed by atoms with Gasteiger partial charge in [0.05, 0.1) is 0 Å². The van der Waals surface area contributed by atoms with Crippen molar-refractivity contribution in [1.29, 1.82) is 0 Å². The van der Waals surface area contributed by atoms with E-state index in [2.05, 4.69) is 33.0 Å². The van der Waals surface area contributed by atoms with Crippen LogP contribution in [-0.4, -0.2) is 17.6 Å². The lowest BCUT2D eigenvalue weighted by molar-refractivity contribution is 0.218. The Morgan fingerprint density at radius 1 is 1.14 bits per heavy atom. The second-order valence-electron chi connectivity index (χ2n) is 5.63. The van der Waals surface area contributed by atoms with Crippen LogP contribution in [0.3, 0.4) is 0 Å². The molecule has 0 unspecified atom stereocenters. The molecule has 0 spiro atoms. The fraction of sp³-hybridized carbons (Fsp3) is 1.00. The molecular formula is C12H26N2. The summed E-state index contributed by atoms with van der Waals surface area (Å²) in [5, 5.41) is 3.76. The molecule has 1 aliphatic rings. The summed E-state index contributed by atoms with van der Waals surface area (Å²) in [7, 11) is 0. The van der Waals surface area contributed by atoms with Crippen molar-refractivity contribution in [3.63, 3.8) is 0 Å². The van der Waals surface area contributed by atoms with Crippen molar-refractivity contribution in [1.82, 2.24) is 5.32 Å². The van der Waals surface area contributed by atoms with Crippen molar-refractivity contribution in [3.8, 4) is 0 Å². The fourth-order valence-corrected chi connectivity index (χ4v) is 1.96. The highest BCUT2D eigenvalue weighted by atomic mass is 15.0. The third kappa shape index (κ3) is 3.25. The van der Waals surface area contributed by atoms with E-state index in [1.54, 1.807) is 0 Å². The molecule has 0 aromatic carbocycles. The van der Waals surface area contributed by atoms with E-state index >= 15 is 0 Å². The summed E-state index contributed by atoms with van der Waals surface area (Å²) in [5.74, 6) is 0.679. The van der Waals surface area contributed by atoms with Gasteiger partial charge in [0.2, 0.25) is 0 Å². The normalized spacial score (nSPS) is 29.6. The van der Waals surface area contributed by atoms with E-state index < -0.39 is 0 Å². The predicted molar refractivity (Wildman–Crippen MR) is 62.3 cm³/mol. The number of nitrogens with one attached hydrogen (secondary N) is 1. The molecule has 3 N–H and O–H groups in total. The lowest BCUT2D eigenvalue weighted by Crippen LogP contribution is -2.51. The Kier molecular flexibility index (Phi) is 3.96. The summed E-state index contributed by atoms with van der Waals surface area (Å²) in [5.41, 5.74) is 6.15. The van der Waals surface area contributed by atoms with Crippen LogP contribution >= 0.6 is 0 Å². The van der Waals surface area contributed by atoms with Crippen molar-refractivity contribution < 1.29 is 0 Å². The van der Waals surface area contributed by atoms with Crippen LogP contribution in [-0.2, 0) is 0 Å². The third-order valence-corrected chi connectivity index (χ3v) is 3.79. The molecule has 2 nitrogen and oxygen atoms in total. The van der Waals surface area contributed by atoms with Crippen molar-refractivity contribution in [3.05, 3.63) is 0 Å². The number of rotatable bonds is 3. The number of nitrogens with two attached hydrogens (primary N) is 1. The highest BCUT2D eigenvalue weighted by Crippen LogP contribution is 2.22. The zero-order valence-electron chi connectivity index (χ0n) is 10.1. The standard InChI is InChI=1S/C12H26N2/c1-9(2)12(3,4)14-11-7-5-10(13)6-8-11/h9-11,14H,5-8,13H2,1-4H3. The Balaban J connectivity index is 2.37. The lowest BCUT2D eigenvalue weighted by atomic mass is 9.85. The van der Waals surface area contributed by atoms with Crippen LogP contribution in [0.25, 0.3) is 0 Å². The molecule has 0 aromatic rings. The van der Waals surface area contributed by atoms with Gasteiger partial charge in [0.15, 0.2) is 0 Å². The van der Waals surface area contributed by atoms with E-state index in [9.17, 15) is 0 Å². The highest BCUT2D eigenvalue weighted by molar-refractivity contribution is 4.88. The van der Waals surface area contributed by atoms with Crippen LogP contribution in [0.1, 0.15) is 53.4 Å². The molecule has 0 radical (unpaired) electrons. The molecule has 1 saturated carbocycles. The van der Waals surface area contributed by atoms with Crippen LogP contribution in [0.2, 0.25) is 0 Å². The molecule has 0 aliphatic heterocycles. The van der Waals surface area contributed by atoms with E-state index in [0.717, 1.165) is 0 Å². The van der Waals surface area contributed by atoms with Crippen molar-refractivity contribution in [2.45, 2.75) is 71.0 Å². The van der Waals surface area contributed by atoms with E-state index in [4.69, 9.17) is 5.73 Å². The Morgan fingerprint density at radius 3 is 2.07 bits per heavy atom. The first-order valence-electron chi connectivity index (χ1n) is 5.95. The van der Waals surface area contributed by atoms with Gasteiger partial charge in [-0.25, -0.2) is 0 Å². The molecule has 1 rings (SSSR count). The van der Waals surface area contributed by atoms with E-state index in [1.165, 1.54) is 25.7 Å². The SMILES string of the molecule is CC(C)C(C)(C)NC1CCC(N)CC1.